The van der Waals surface area contributed by atoms with Gasteiger partial charge in [0.15, 0.2) is 0 Å². The first-order chi connectivity index (χ1) is 10.1. The Bertz CT molecular complexity index is 630. The summed E-state index contributed by atoms with van der Waals surface area (Å²) in [5.74, 6) is -0.714. The van der Waals surface area contributed by atoms with E-state index in [2.05, 4.69) is 10.1 Å². The van der Waals surface area contributed by atoms with Crippen LogP contribution in [0.2, 0.25) is 0 Å². The normalized spacial score (nSPS) is 23.2. The van der Waals surface area contributed by atoms with Crippen molar-refractivity contribution in [3.05, 3.63) is 24.3 Å². The first-order valence-electron chi connectivity index (χ1n) is 6.70. The standard InChI is InChI=1S/C13H17F3N2O3S.ClH/c1-9-7-18(8-10(2)17-9)22(19,20)12-6-4-3-5-11(12)21-13(14,15)16;/h3-6,9-10,17H,7-8H2,1-2H3;1H. The molecule has 1 aromatic carbocycles. The Kier molecular flexibility index (Phi) is 6.31. The zero-order valence-electron chi connectivity index (χ0n) is 12.5. The van der Waals surface area contributed by atoms with Gasteiger partial charge in [-0.25, -0.2) is 8.42 Å². The molecule has 0 radical (unpaired) electrons. The molecular formula is C13H18ClF3N2O3S. The molecule has 2 rings (SSSR count). The number of piperazine rings is 1. The Labute approximate surface area is 139 Å². The monoisotopic (exact) mass is 374 g/mol. The maximum Gasteiger partial charge on any atom is 0.573 e. The van der Waals surface area contributed by atoms with Crippen molar-refractivity contribution in [3.63, 3.8) is 0 Å². The molecule has 0 bridgehead atoms. The predicted molar refractivity (Wildman–Crippen MR) is 81.2 cm³/mol. The number of ether oxygens (including phenoxy) is 1. The summed E-state index contributed by atoms with van der Waals surface area (Å²) in [6.45, 7) is 4.01. The van der Waals surface area contributed by atoms with Gasteiger partial charge in [0.25, 0.3) is 0 Å². The molecule has 1 N–H and O–H groups in total. The van der Waals surface area contributed by atoms with Crippen molar-refractivity contribution in [1.82, 2.24) is 9.62 Å². The van der Waals surface area contributed by atoms with Crippen molar-refractivity contribution in [1.29, 1.82) is 0 Å². The molecule has 1 fully saturated rings. The van der Waals surface area contributed by atoms with Crippen molar-refractivity contribution >= 4 is 22.4 Å². The van der Waals surface area contributed by atoms with E-state index in [1.165, 1.54) is 16.4 Å². The third-order valence-corrected chi connectivity index (χ3v) is 5.09. The first-order valence-corrected chi connectivity index (χ1v) is 8.14. The Morgan fingerprint density at radius 2 is 1.70 bits per heavy atom. The number of rotatable bonds is 3. The molecule has 0 spiro atoms. The van der Waals surface area contributed by atoms with Crippen LogP contribution in [0.4, 0.5) is 13.2 Å². The zero-order chi connectivity index (χ0) is 16.5. The fourth-order valence-electron chi connectivity index (χ4n) is 2.48. The molecule has 1 aromatic rings. The lowest BCUT2D eigenvalue weighted by Crippen LogP contribution is -2.55. The number of benzene rings is 1. The van der Waals surface area contributed by atoms with Crippen LogP contribution in [0, 0.1) is 0 Å². The van der Waals surface area contributed by atoms with Crippen LogP contribution >= 0.6 is 12.4 Å². The second kappa shape index (κ2) is 7.25. The van der Waals surface area contributed by atoms with Gasteiger partial charge in [0.05, 0.1) is 0 Å². The van der Waals surface area contributed by atoms with Gasteiger partial charge in [0, 0.05) is 25.2 Å². The van der Waals surface area contributed by atoms with E-state index in [4.69, 9.17) is 0 Å². The lowest BCUT2D eigenvalue weighted by molar-refractivity contribution is -0.275. The highest BCUT2D eigenvalue weighted by Crippen LogP contribution is 2.31. The minimum Gasteiger partial charge on any atom is -0.404 e. The molecule has 1 saturated heterocycles. The second-order valence-electron chi connectivity index (χ2n) is 5.29. The minimum atomic E-state index is -4.95. The van der Waals surface area contributed by atoms with E-state index in [0.717, 1.165) is 12.1 Å². The smallest absolute Gasteiger partial charge is 0.404 e. The van der Waals surface area contributed by atoms with Crippen molar-refractivity contribution in [3.8, 4) is 5.75 Å². The molecule has 1 heterocycles. The molecule has 2 unspecified atom stereocenters. The van der Waals surface area contributed by atoms with Crippen molar-refractivity contribution in [2.75, 3.05) is 13.1 Å². The number of hydrogen-bond acceptors (Lipinski definition) is 4. The molecule has 132 valence electrons. The molecule has 1 aliphatic rings. The van der Waals surface area contributed by atoms with Gasteiger partial charge in [-0.2, -0.15) is 4.31 Å². The van der Waals surface area contributed by atoms with E-state index in [0.29, 0.717) is 0 Å². The lowest BCUT2D eigenvalue weighted by Gasteiger charge is -2.35. The summed E-state index contributed by atoms with van der Waals surface area (Å²) < 4.78 is 67.6. The quantitative estimate of drug-likeness (QED) is 0.882. The van der Waals surface area contributed by atoms with E-state index in [1.807, 2.05) is 13.8 Å². The van der Waals surface area contributed by atoms with Crippen LogP contribution < -0.4 is 10.1 Å². The van der Waals surface area contributed by atoms with Crippen LogP contribution in [0.25, 0.3) is 0 Å². The number of sulfonamides is 1. The van der Waals surface area contributed by atoms with Crippen LogP contribution in [-0.2, 0) is 10.0 Å². The molecule has 5 nitrogen and oxygen atoms in total. The van der Waals surface area contributed by atoms with Gasteiger partial charge in [0.2, 0.25) is 10.0 Å². The summed E-state index contributed by atoms with van der Waals surface area (Å²) in [5.41, 5.74) is 0. The summed E-state index contributed by atoms with van der Waals surface area (Å²) in [6.07, 6.45) is -4.95. The van der Waals surface area contributed by atoms with E-state index >= 15 is 0 Å². The van der Waals surface area contributed by atoms with E-state index < -0.39 is 27.0 Å². The largest absolute Gasteiger partial charge is 0.573 e. The van der Waals surface area contributed by atoms with Gasteiger partial charge < -0.3 is 10.1 Å². The maximum atomic E-state index is 12.6. The number of nitrogens with one attached hydrogen (secondary N) is 1. The Morgan fingerprint density at radius 1 is 1.17 bits per heavy atom. The highest BCUT2D eigenvalue weighted by Gasteiger charge is 2.37. The van der Waals surface area contributed by atoms with E-state index in [1.54, 1.807) is 0 Å². The van der Waals surface area contributed by atoms with E-state index in [9.17, 15) is 21.6 Å². The molecule has 1 aliphatic heterocycles. The highest BCUT2D eigenvalue weighted by atomic mass is 35.5. The summed E-state index contributed by atoms with van der Waals surface area (Å²) in [5, 5.41) is 3.17. The van der Waals surface area contributed by atoms with Gasteiger partial charge in [0.1, 0.15) is 10.6 Å². The van der Waals surface area contributed by atoms with Crippen LogP contribution in [0.3, 0.4) is 0 Å². The van der Waals surface area contributed by atoms with Crippen molar-refractivity contribution in [2.45, 2.75) is 37.2 Å². The van der Waals surface area contributed by atoms with E-state index in [-0.39, 0.29) is 37.6 Å². The lowest BCUT2D eigenvalue weighted by atomic mass is 10.2. The predicted octanol–water partition coefficient (Wildman–Crippen LogP) is 2.38. The molecule has 0 aliphatic carbocycles. The Balaban J connectivity index is 0.00000264. The van der Waals surface area contributed by atoms with Gasteiger partial charge in [-0.15, -0.1) is 25.6 Å². The van der Waals surface area contributed by atoms with Gasteiger partial charge in [-0.1, -0.05) is 12.1 Å². The fourth-order valence-corrected chi connectivity index (χ4v) is 4.22. The zero-order valence-corrected chi connectivity index (χ0v) is 14.1. The topological polar surface area (TPSA) is 58.6 Å². The summed E-state index contributed by atoms with van der Waals surface area (Å²) in [6, 6.07) is 4.60. The third-order valence-electron chi connectivity index (χ3n) is 3.22. The maximum absolute atomic E-state index is 12.6. The summed E-state index contributed by atoms with van der Waals surface area (Å²) >= 11 is 0. The number of nitrogens with zero attached hydrogens (tertiary/aromatic N) is 1. The summed E-state index contributed by atoms with van der Waals surface area (Å²) in [7, 11) is -4.06. The SMILES string of the molecule is CC1CN(S(=O)(=O)c2ccccc2OC(F)(F)F)CC(C)N1.Cl. The number of halogens is 4. The minimum absolute atomic E-state index is 0. The second-order valence-corrected chi connectivity index (χ2v) is 7.19. The highest BCUT2D eigenvalue weighted by molar-refractivity contribution is 7.89. The first kappa shape index (κ1) is 20.0. The van der Waals surface area contributed by atoms with Crippen LogP contribution in [0.15, 0.2) is 29.2 Å². The van der Waals surface area contributed by atoms with Gasteiger partial charge in [-0.3, -0.25) is 0 Å². The average Bonchev–Trinajstić information content (AvgIpc) is 2.36. The molecule has 0 amide bonds. The molecular weight excluding hydrogens is 357 g/mol. The Morgan fingerprint density at radius 3 is 2.22 bits per heavy atom. The van der Waals surface area contributed by atoms with Crippen LogP contribution in [0.5, 0.6) is 5.75 Å². The molecule has 0 aromatic heterocycles. The number of para-hydroxylation sites is 1. The van der Waals surface area contributed by atoms with Crippen LogP contribution in [-0.4, -0.2) is 44.3 Å². The summed E-state index contributed by atoms with van der Waals surface area (Å²) in [4.78, 5) is -0.478. The number of alkyl halides is 3. The fraction of sp³-hybridized carbons (Fsp3) is 0.538. The Hall–Kier alpha value is -1.03. The third kappa shape index (κ3) is 4.97. The van der Waals surface area contributed by atoms with Crippen molar-refractivity contribution < 1.29 is 26.3 Å². The van der Waals surface area contributed by atoms with Crippen molar-refractivity contribution in [2.24, 2.45) is 0 Å². The molecule has 10 heteroatoms. The molecule has 2 atom stereocenters. The average molecular weight is 375 g/mol. The van der Waals surface area contributed by atoms with Gasteiger partial charge >= 0.3 is 6.36 Å². The molecule has 23 heavy (non-hydrogen) atoms. The molecule has 0 saturated carbocycles. The van der Waals surface area contributed by atoms with Gasteiger partial charge in [-0.05, 0) is 26.0 Å². The van der Waals surface area contributed by atoms with Crippen LogP contribution in [0.1, 0.15) is 13.8 Å². The number of hydrogen-bond donors (Lipinski definition) is 1.